The molecule has 3 nitrogen and oxygen atoms in total. The summed E-state index contributed by atoms with van der Waals surface area (Å²) in [4.78, 5) is 16.5. The predicted octanol–water partition coefficient (Wildman–Crippen LogP) is 1.87. The molecule has 16 heavy (non-hydrogen) atoms. The van der Waals surface area contributed by atoms with E-state index in [0.717, 1.165) is 19.6 Å². The molecular formula is C13H24N2O. The van der Waals surface area contributed by atoms with Crippen LogP contribution in [0.1, 0.15) is 45.4 Å². The number of hydrogen-bond donors (Lipinski definition) is 0. The van der Waals surface area contributed by atoms with Gasteiger partial charge in [0.2, 0.25) is 5.91 Å². The van der Waals surface area contributed by atoms with Crippen molar-refractivity contribution in [3.8, 4) is 0 Å². The molecule has 0 aromatic carbocycles. The van der Waals surface area contributed by atoms with Gasteiger partial charge in [-0.3, -0.25) is 9.69 Å². The third kappa shape index (κ3) is 2.76. The Kier molecular flexibility index (Phi) is 4.22. The molecule has 92 valence electrons. The second-order valence-electron chi connectivity index (χ2n) is 5.12. The van der Waals surface area contributed by atoms with Gasteiger partial charge in [-0.2, -0.15) is 0 Å². The second kappa shape index (κ2) is 5.67. The first-order valence-electron chi connectivity index (χ1n) is 6.83. The van der Waals surface area contributed by atoms with Gasteiger partial charge in [0.15, 0.2) is 0 Å². The topological polar surface area (TPSA) is 23.6 Å². The van der Waals surface area contributed by atoms with E-state index in [9.17, 15) is 4.79 Å². The molecule has 0 bridgehead atoms. The van der Waals surface area contributed by atoms with Gasteiger partial charge in [-0.05, 0) is 38.6 Å². The molecule has 2 aliphatic rings. The van der Waals surface area contributed by atoms with Gasteiger partial charge >= 0.3 is 0 Å². The summed E-state index contributed by atoms with van der Waals surface area (Å²) in [6.07, 6.45) is 7.47. The first kappa shape index (κ1) is 11.9. The van der Waals surface area contributed by atoms with Crippen molar-refractivity contribution >= 4 is 5.91 Å². The van der Waals surface area contributed by atoms with Gasteiger partial charge in [0.25, 0.3) is 0 Å². The minimum absolute atomic E-state index is 0.359. The summed E-state index contributed by atoms with van der Waals surface area (Å²) < 4.78 is 0. The van der Waals surface area contributed by atoms with Crippen LogP contribution in [-0.4, -0.2) is 47.9 Å². The summed E-state index contributed by atoms with van der Waals surface area (Å²) >= 11 is 0. The molecule has 1 amide bonds. The molecule has 0 aromatic heterocycles. The molecule has 1 atom stereocenters. The summed E-state index contributed by atoms with van der Waals surface area (Å²) in [5, 5.41) is 0. The van der Waals surface area contributed by atoms with Crippen molar-refractivity contribution in [2.45, 2.75) is 51.5 Å². The summed E-state index contributed by atoms with van der Waals surface area (Å²) in [7, 11) is 0. The van der Waals surface area contributed by atoms with Gasteiger partial charge in [-0.1, -0.05) is 13.3 Å². The van der Waals surface area contributed by atoms with Crippen LogP contribution in [0, 0.1) is 0 Å². The zero-order valence-electron chi connectivity index (χ0n) is 10.5. The van der Waals surface area contributed by atoms with Crippen molar-refractivity contribution in [2.75, 3.05) is 26.2 Å². The second-order valence-corrected chi connectivity index (χ2v) is 5.12. The maximum atomic E-state index is 12.1. The maximum Gasteiger partial charge on any atom is 0.236 e. The maximum absolute atomic E-state index is 12.1. The summed E-state index contributed by atoms with van der Waals surface area (Å²) in [5.41, 5.74) is 0. The van der Waals surface area contributed by atoms with E-state index < -0.39 is 0 Å². The Morgan fingerprint density at radius 2 is 1.81 bits per heavy atom. The largest absolute Gasteiger partial charge is 0.342 e. The summed E-state index contributed by atoms with van der Waals surface area (Å²) in [6.45, 7) is 6.01. The van der Waals surface area contributed by atoms with E-state index >= 15 is 0 Å². The summed E-state index contributed by atoms with van der Waals surface area (Å²) in [6, 6.07) is 0.653. The van der Waals surface area contributed by atoms with E-state index in [1.165, 1.54) is 38.5 Å². The fraction of sp³-hybridized carbons (Fsp3) is 0.923. The monoisotopic (exact) mass is 224 g/mol. The minimum Gasteiger partial charge on any atom is -0.342 e. The van der Waals surface area contributed by atoms with Crippen LogP contribution in [0.15, 0.2) is 0 Å². The highest BCUT2D eigenvalue weighted by Crippen LogP contribution is 2.19. The number of likely N-dealkylation sites (tertiary alicyclic amines) is 2. The summed E-state index contributed by atoms with van der Waals surface area (Å²) in [5.74, 6) is 0.359. The lowest BCUT2D eigenvalue weighted by molar-refractivity contribution is -0.132. The van der Waals surface area contributed by atoms with Crippen molar-refractivity contribution in [3.63, 3.8) is 0 Å². The molecule has 2 rings (SSSR count). The quantitative estimate of drug-likeness (QED) is 0.730. The number of rotatable bonds is 3. The Morgan fingerprint density at radius 1 is 1.12 bits per heavy atom. The number of carbonyl (C=O) groups excluding carboxylic acids is 1. The molecular weight excluding hydrogens is 200 g/mol. The highest BCUT2D eigenvalue weighted by molar-refractivity contribution is 5.78. The molecule has 0 saturated carbocycles. The lowest BCUT2D eigenvalue weighted by Crippen LogP contribution is -2.46. The van der Waals surface area contributed by atoms with Crippen molar-refractivity contribution in [1.29, 1.82) is 0 Å². The van der Waals surface area contributed by atoms with Crippen LogP contribution in [0.4, 0.5) is 0 Å². The van der Waals surface area contributed by atoms with Gasteiger partial charge in [0.1, 0.15) is 0 Å². The van der Waals surface area contributed by atoms with Gasteiger partial charge in [0, 0.05) is 19.1 Å². The third-order valence-electron chi connectivity index (χ3n) is 4.02. The highest BCUT2D eigenvalue weighted by atomic mass is 16.2. The molecule has 2 heterocycles. The van der Waals surface area contributed by atoms with Crippen LogP contribution in [0.5, 0.6) is 0 Å². The number of nitrogens with zero attached hydrogens (tertiary/aromatic N) is 2. The smallest absolute Gasteiger partial charge is 0.236 e. The normalized spacial score (nSPS) is 27.3. The fourth-order valence-electron chi connectivity index (χ4n) is 2.97. The Morgan fingerprint density at radius 3 is 2.50 bits per heavy atom. The number of hydrogen-bond acceptors (Lipinski definition) is 2. The average Bonchev–Trinajstić information content (AvgIpc) is 2.83. The van der Waals surface area contributed by atoms with Crippen LogP contribution >= 0.6 is 0 Å². The number of carbonyl (C=O) groups is 1. The number of piperidine rings is 1. The van der Waals surface area contributed by atoms with E-state index in [1.54, 1.807) is 0 Å². The molecule has 0 spiro atoms. The average molecular weight is 224 g/mol. The van der Waals surface area contributed by atoms with Gasteiger partial charge in [-0.15, -0.1) is 0 Å². The van der Waals surface area contributed by atoms with E-state index in [2.05, 4.69) is 11.8 Å². The Labute approximate surface area is 98.8 Å². The SMILES string of the molecule is CC[C@H]1CCCCN1CC(=O)N1CCCC1. The van der Waals surface area contributed by atoms with Gasteiger partial charge in [-0.25, -0.2) is 0 Å². The van der Waals surface area contributed by atoms with Crippen molar-refractivity contribution in [2.24, 2.45) is 0 Å². The molecule has 2 saturated heterocycles. The van der Waals surface area contributed by atoms with Gasteiger partial charge < -0.3 is 4.90 Å². The van der Waals surface area contributed by atoms with E-state index in [-0.39, 0.29) is 0 Å². The lowest BCUT2D eigenvalue weighted by atomic mass is 10.00. The molecule has 2 aliphatic heterocycles. The first-order valence-corrected chi connectivity index (χ1v) is 6.83. The van der Waals surface area contributed by atoms with Crippen LogP contribution in [0.3, 0.4) is 0 Å². The van der Waals surface area contributed by atoms with Crippen molar-refractivity contribution in [1.82, 2.24) is 9.80 Å². The molecule has 0 aromatic rings. The predicted molar refractivity (Wildman–Crippen MR) is 65.3 cm³/mol. The molecule has 3 heteroatoms. The zero-order valence-corrected chi connectivity index (χ0v) is 10.5. The first-order chi connectivity index (χ1) is 7.81. The highest BCUT2D eigenvalue weighted by Gasteiger charge is 2.25. The van der Waals surface area contributed by atoms with Crippen LogP contribution in [-0.2, 0) is 4.79 Å². The lowest BCUT2D eigenvalue weighted by Gasteiger charge is -2.35. The van der Waals surface area contributed by atoms with Crippen LogP contribution in [0.2, 0.25) is 0 Å². The third-order valence-corrected chi connectivity index (χ3v) is 4.02. The molecule has 0 aliphatic carbocycles. The van der Waals surface area contributed by atoms with Crippen LogP contribution < -0.4 is 0 Å². The van der Waals surface area contributed by atoms with Crippen LogP contribution in [0.25, 0.3) is 0 Å². The molecule has 0 radical (unpaired) electrons. The van der Waals surface area contributed by atoms with E-state index in [4.69, 9.17) is 0 Å². The van der Waals surface area contributed by atoms with Gasteiger partial charge in [0.05, 0.1) is 6.54 Å². The standard InChI is InChI=1S/C13H24N2O/c1-2-12-7-3-4-10-15(12)11-13(16)14-8-5-6-9-14/h12H,2-11H2,1H3/t12-/m0/s1. The molecule has 2 fully saturated rings. The zero-order chi connectivity index (χ0) is 11.4. The number of amides is 1. The Bertz CT molecular complexity index is 236. The molecule has 0 N–H and O–H groups in total. The minimum atomic E-state index is 0.359. The fourth-order valence-corrected chi connectivity index (χ4v) is 2.97. The Balaban J connectivity index is 1.84. The molecule has 0 unspecified atom stereocenters. The Hall–Kier alpha value is -0.570. The van der Waals surface area contributed by atoms with E-state index in [0.29, 0.717) is 18.5 Å². The van der Waals surface area contributed by atoms with Crippen molar-refractivity contribution < 1.29 is 4.79 Å². The van der Waals surface area contributed by atoms with Crippen molar-refractivity contribution in [3.05, 3.63) is 0 Å². The van der Waals surface area contributed by atoms with E-state index in [1.807, 2.05) is 4.90 Å².